The van der Waals surface area contributed by atoms with Gasteiger partial charge in [-0.25, -0.2) is 23.4 Å². The van der Waals surface area contributed by atoms with E-state index < -0.39 is 21.4 Å². The van der Waals surface area contributed by atoms with E-state index in [1.165, 1.54) is 16.1 Å². The van der Waals surface area contributed by atoms with Gasteiger partial charge < -0.3 is 15.5 Å². The van der Waals surface area contributed by atoms with Crippen molar-refractivity contribution in [2.45, 2.75) is 76.6 Å². The standard InChI is InChI=1S/C36H44N8O4S2/c1-8-27-21-43(50(46,47)30-11-10-16-37-33(30)48-27)20-25-17-24(13-12-22(25)3)31(28-14-15-29-32(23(28)4)41-42-44(29)9-2)36(5,6)34(45)40-26-18-38-35(49-7)39-19-26/h10-19,27,31,41-42H,8-9,20-21H2,1-7H3,(H,40,45)/t27-,31+/m1/s1. The fourth-order valence-corrected chi connectivity index (χ4v) is 8.49. The maximum absolute atomic E-state index is 14.3. The van der Waals surface area contributed by atoms with Crippen molar-refractivity contribution < 1.29 is 17.9 Å². The lowest BCUT2D eigenvalue weighted by atomic mass is 9.69. The van der Waals surface area contributed by atoms with E-state index in [0.29, 0.717) is 17.3 Å². The van der Waals surface area contributed by atoms with Crippen molar-refractivity contribution in [3.63, 3.8) is 0 Å². The Balaban J connectivity index is 1.43. The molecule has 6 rings (SSSR count). The Hall–Kier alpha value is -4.24. The number of fused-ring (bicyclic) bond motifs is 2. The predicted molar refractivity (Wildman–Crippen MR) is 197 cm³/mol. The Morgan fingerprint density at radius 1 is 1.12 bits per heavy atom. The van der Waals surface area contributed by atoms with Gasteiger partial charge in [0.05, 0.1) is 41.4 Å². The number of nitrogens with one attached hydrogen (secondary N) is 3. The van der Waals surface area contributed by atoms with E-state index in [4.69, 9.17) is 4.74 Å². The molecule has 2 atom stereocenters. The quantitative estimate of drug-likeness (QED) is 0.131. The first kappa shape index (κ1) is 35.6. The van der Waals surface area contributed by atoms with Crippen LogP contribution in [-0.4, -0.2) is 59.0 Å². The summed E-state index contributed by atoms with van der Waals surface area (Å²) in [5, 5.41) is 5.70. The zero-order valence-electron chi connectivity index (χ0n) is 29.4. The number of pyridine rings is 1. The average molecular weight is 717 g/mol. The maximum atomic E-state index is 14.3. The highest BCUT2D eigenvalue weighted by atomic mass is 32.2. The predicted octanol–water partition coefficient (Wildman–Crippen LogP) is 6.04. The molecule has 50 heavy (non-hydrogen) atoms. The molecule has 4 heterocycles. The first-order chi connectivity index (χ1) is 23.9. The van der Waals surface area contributed by atoms with E-state index in [2.05, 4.69) is 63.3 Å². The Labute approximate surface area is 298 Å². The summed E-state index contributed by atoms with van der Waals surface area (Å²) >= 11 is 1.43. The summed E-state index contributed by atoms with van der Waals surface area (Å²) in [5.41, 5.74) is 12.7. The van der Waals surface area contributed by atoms with Crippen LogP contribution in [0.3, 0.4) is 0 Å². The summed E-state index contributed by atoms with van der Waals surface area (Å²) in [4.78, 5) is 27.3. The minimum absolute atomic E-state index is 0.0611. The van der Waals surface area contributed by atoms with Gasteiger partial charge in [-0.05, 0) is 79.5 Å². The molecular weight excluding hydrogens is 673 g/mol. The Morgan fingerprint density at radius 3 is 2.58 bits per heavy atom. The van der Waals surface area contributed by atoms with Crippen molar-refractivity contribution in [1.29, 1.82) is 0 Å². The Bertz CT molecular complexity index is 2010. The van der Waals surface area contributed by atoms with Gasteiger partial charge >= 0.3 is 0 Å². The van der Waals surface area contributed by atoms with Gasteiger partial charge in [0, 0.05) is 25.2 Å². The highest BCUT2D eigenvalue weighted by Gasteiger charge is 2.41. The van der Waals surface area contributed by atoms with Gasteiger partial charge in [-0.3, -0.25) is 9.80 Å². The van der Waals surface area contributed by atoms with Gasteiger partial charge in [-0.1, -0.05) is 56.8 Å². The number of benzene rings is 2. The van der Waals surface area contributed by atoms with Crippen LogP contribution in [0.1, 0.15) is 67.9 Å². The smallest absolute Gasteiger partial charge is 0.248 e. The van der Waals surface area contributed by atoms with Gasteiger partial charge in [0.15, 0.2) is 5.16 Å². The number of carbonyl (C=O) groups excluding carboxylic acids is 1. The van der Waals surface area contributed by atoms with Crippen LogP contribution in [0.4, 0.5) is 17.1 Å². The van der Waals surface area contributed by atoms with E-state index in [-0.39, 0.29) is 35.9 Å². The van der Waals surface area contributed by atoms with E-state index in [1.54, 1.807) is 30.7 Å². The second-order valence-corrected chi connectivity index (χ2v) is 15.8. The third-order valence-corrected chi connectivity index (χ3v) is 12.0. The molecule has 0 bridgehead atoms. The number of aromatic nitrogens is 3. The van der Waals surface area contributed by atoms with Gasteiger partial charge in [0.1, 0.15) is 11.0 Å². The zero-order chi connectivity index (χ0) is 35.8. The number of carbonyl (C=O) groups is 1. The third-order valence-electron chi connectivity index (χ3n) is 9.64. The van der Waals surface area contributed by atoms with Crippen LogP contribution >= 0.6 is 11.8 Å². The Morgan fingerprint density at radius 2 is 1.88 bits per heavy atom. The molecule has 12 nitrogen and oxygen atoms in total. The second-order valence-electron chi connectivity index (χ2n) is 13.2. The number of ether oxygens (including phenoxy) is 1. The number of rotatable bonds is 10. The summed E-state index contributed by atoms with van der Waals surface area (Å²) < 4.78 is 35.6. The second kappa shape index (κ2) is 14.2. The molecule has 0 saturated carbocycles. The highest BCUT2D eigenvalue weighted by molar-refractivity contribution is 7.98. The third kappa shape index (κ3) is 6.64. The largest absolute Gasteiger partial charge is 0.472 e. The first-order valence-corrected chi connectivity index (χ1v) is 19.4. The number of nitrogens with zero attached hydrogens (tertiary/aromatic N) is 5. The van der Waals surface area contributed by atoms with Gasteiger partial charge in [-0.15, -0.1) is 5.53 Å². The summed E-state index contributed by atoms with van der Waals surface area (Å²) in [5.74, 6) is -0.493. The molecular formula is C36H44N8O4S2. The number of sulfonamides is 1. The molecule has 14 heteroatoms. The summed E-state index contributed by atoms with van der Waals surface area (Å²) in [6.45, 7) is 13.0. The molecule has 0 fully saturated rings. The zero-order valence-corrected chi connectivity index (χ0v) is 31.1. The van der Waals surface area contributed by atoms with Crippen molar-refractivity contribution in [2.24, 2.45) is 5.41 Å². The van der Waals surface area contributed by atoms with Crippen molar-refractivity contribution in [3.05, 3.63) is 88.9 Å². The van der Waals surface area contributed by atoms with Crippen LogP contribution in [0.5, 0.6) is 5.88 Å². The fraction of sp³-hybridized carbons (Fsp3) is 0.389. The van der Waals surface area contributed by atoms with Crippen LogP contribution in [0.25, 0.3) is 0 Å². The molecule has 0 spiro atoms. The molecule has 3 N–H and O–H groups in total. The van der Waals surface area contributed by atoms with Gasteiger partial charge in [-0.2, -0.15) is 4.31 Å². The summed E-state index contributed by atoms with van der Waals surface area (Å²) in [6, 6.07) is 13.4. The van der Waals surface area contributed by atoms with Crippen molar-refractivity contribution >= 4 is 44.8 Å². The lowest BCUT2D eigenvalue weighted by Gasteiger charge is -2.36. The molecule has 0 saturated heterocycles. The number of aryl methyl sites for hydroxylation is 1. The lowest BCUT2D eigenvalue weighted by Crippen LogP contribution is -2.38. The molecule has 2 aliphatic rings. The lowest BCUT2D eigenvalue weighted by molar-refractivity contribution is -0.124. The van der Waals surface area contributed by atoms with Crippen LogP contribution in [0.2, 0.25) is 0 Å². The number of anilines is 3. The van der Waals surface area contributed by atoms with Crippen LogP contribution in [-0.2, 0) is 21.4 Å². The van der Waals surface area contributed by atoms with Crippen LogP contribution in [0.15, 0.2) is 71.1 Å². The number of hydrazine groups is 2. The monoisotopic (exact) mass is 716 g/mol. The number of hydrogen-bond acceptors (Lipinski definition) is 11. The molecule has 1 amide bonds. The molecule has 2 aliphatic heterocycles. The normalized spacial score (nSPS) is 17.6. The minimum Gasteiger partial charge on any atom is -0.472 e. The molecule has 2 aromatic carbocycles. The topological polar surface area (TPSA) is 142 Å². The van der Waals surface area contributed by atoms with Crippen LogP contribution in [0, 0.1) is 19.3 Å². The van der Waals surface area contributed by atoms with Crippen molar-refractivity contribution in [2.75, 3.05) is 35.1 Å². The van der Waals surface area contributed by atoms with Crippen molar-refractivity contribution in [3.8, 4) is 5.88 Å². The highest BCUT2D eigenvalue weighted by Crippen LogP contribution is 2.47. The molecule has 0 aliphatic carbocycles. The van der Waals surface area contributed by atoms with E-state index in [0.717, 1.165) is 45.7 Å². The van der Waals surface area contributed by atoms with E-state index in [1.807, 2.05) is 51.1 Å². The van der Waals surface area contributed by atoms with Gasteiger partial charge in [0.2, 0.25) is 21.8 Å². The SMILES string of the molecule is CC[C@@H]1CN(Cc2cc([C@@H](c3ccc4c(c3C)NNN4CC)C(C)(C)C(=O)Nc3cnc(SC)nc3)ccc2C)S(=O)(=O)c2cccnc2O1. The Kier molecular flexibility index (Phi) is 10.1. The maximum Gasteiger partial charge on any atom is 0.248 e. The first-order valence-electron chi connectivity index (χ1n) is 16.7. The van der Waals surface area contributed by atoms with Crippen molar-refractivity contribution in [1.82, 2.24) is 24.8 Å². The molecule has 2 aromatic heterocycles. The molecule has 264 valence electrons. The molecule has 0 radical (unpaired) electrons. The number of thioether (sulfide) groups is 1. The minimum atomic E-state index is -3.92. The fourth-order valence-electron chi connectivity index (χ4n) is 6.65. The average Bonchev–Trinajstić information content (AvgIpc) is 3.50. The molecule has 4 aromatic rings. The van der Waals surface area contributed by atoms with E-state index >= 15 is 0 Å². The molecule has 0 unspecified atom stereocenters. The number of amides is 1. The van der Waals surface area contributed by atoms with Gasteiger partial charge in [0.25, 0.3) is 0 Å². The van der Waals surface area contributed by atoms with E-state index in [9.17, 15) is 13.2 Å². The van der Waals surface area contributed by atoms with Crippen LogP contribution < -0.4 is 26.0 Å². The summed E-state index contributed by atoms with van der Waals surface area (Å²) in [6.07, 6.45) is 6.93. The number of hydrogen-bond donors (Lipinski definition) is 3. The summed E-state index contributed by atoms with van der Waals surface area (Å²) in [7, 11) is -3.92.